The number of amides is 1. The SMILES string of the molecule is O=C1Cc2cnc(NCC(c3ccccc3)N3CCCC3)nc2-c2ccccc2N1I. The van der Waals surface area contributed by atoms with Crippen LogP contribution < -0.4 is 8.43 Å². The van der Waals surface area contributed by atoms with Crippen molar-refractivity contribution in [3.63, 3.8) is 0 Å². The van der Waals surface area contributed by atoms with Gasteiger partial charge in [-0.2, -0.15) is 0 Å². The van der Waals surface area contributed by atoms with Crippen LogP contribution in [0.2, 0.25) is 0 Å². The van der Waals surface area contributed by atoms with Crippen LogP contribution in [-0.4, -0.2) is 40.4 Å². The summed E-state index contributed by atoms with van der Waals surface area (Å²) in [6, 6.07) is 18.8. The summed E-state index contributed by atoms with van der Waals surface area (Å²) in [5, 5.41) is 3.48. The van der Waals surface area contributed by atoms with Gasteiger partial charge >= 0.3 is 0 Å². The number of aromatic nitrogens is 2. The third kappa shape index (κ3) is 4.16. The Hall–Kier alpha value is -2.52. The predicted octanol–water partition coefficient (Wildman–Crippen LogP) is 4.63. The average molecular weight is 525 g/mol. The van der Waals surface area contributed by atoms with Crippen LogP contribution in [0.15, 0.2) is 60.8 Å². The lowest BCUT2D eigenvalue weighted by atomic mass is 10.0. The fraction of sp³-hybridized carbons (Fsp3) is 0.292. The summed E-state index contributed by atoms with van der Waals surface area (Å²) in [6.07, 6.45) is 4.59. The fourth-order valence-corrected chi connectivity index (χ4v) is 5.03. The van der Waals surface area contributed by atoms with Gasteiger partial charge in [0.1, 0.15) is 0 Å². The number of hydrogen-bond donors (Lipinski definition) is 1. The molecule has 5 rings (SSSR count). The molecule has 7 heteroatoms. The number of nitrogens with zero attached hydrogens (tertiary/aromatic N) is 4. The Bertz CT molecular complexity index is 1080. The molecule has 3 heterocycles. The minimum atomic E-state index is 0.0364. The molecule has 1 unspecified atom stereocenters. The molecule has 0 spiro atoms. The van der Waals surface area contributed by atoms with Gasteiger partial charge in [-0.25, -0.2) is 9.97 Å². The van der Waals surface area contributed by atoms with Crippen LogP contribution in [0, 0.1) is 0 Å². The molecule has 158 valence electrons. The first-order chi connectivity index (χ1) is 15.2. The zero-order chi connectivity index (χ0) is 21.2. The molecule has 0 radical (unpaired) electrons. The summed E-state index contributed by atoms with van der Waals surface area (Å²) in [7, 11) is 0. The van der Waals surface area contributed by atoms with Gasteiger partial charge in [0, 0.05) is 23.9 Å². The van der Waals surface area contributed by atoms with E-state index in [4.69, 9.17) is 4.98 Å². The van der Waals surface area contributed by atoms with Crippen LogP contribution in [0.1, 0.15) is 30.0 Å². The highest BCUT2D eigenvalue weighted by molar-refractivity contribution is 14.1. The molecule has 0 saturated carbocycles. The molecular formula is C24H24IN5O. The van der Waals surface area contributed by atoms with Gasteiger partial charge in [-0.05, 0) is 37.6 Å². The lowest BCUT2D eigenvalue weighted by Gasteiger charge is -2.28. The van der Waals surface area contributed by atoms with Gasteiger partial charge in [-0.15, -0.1) is 0 Å². The van der Waals surface area contributed by atoms with Crippen LogP contribution in [0.3, 0.4) is 0 Å². The number of carbonyl (C=O) groups excluding carboxylic acids is 1. The Morgan fingerprint density at radius 2 is 1.77 bits per heavy atom. The molecule has 1 aromatic heterocycles. The summed E-state index contributed by atoms with van der Waals surface area (Å²) in [4.78, 5) is 24.5. The number of anilines is 2. The van der Waals surface area contributed by atoms with Crippen molar-refractivity contribution in [2.45, 2.75) is 25.3 Å². The van der Waals surface area contributed by atoms with E-state index in [2.05, 4.69) is 68.4 Å². The number of likely N-dealkylation sites (tertiary alicyclic amines) is 1. The number of fused-ring (bicyclic) bond motifs is 3. The summed E-state index contributed by atoms with van der Waals surface area (Å²) >= 11 is 2.07. The number of benzene rings is 2. The van der Waals surface area contributed by atoms with Crippen molar-refractivity contribution in [2.75, 3.05) is 28.1 Å². The summed E-state index contributed by atoms with van der Waals surface area (Å²) in [5.41, 5.74) is 4.83. The van der Waals surface area contributed by atoms with Crippen LogP contribution in [0.5, 0.6) is 0 Å². The molecule has 2 aromatic carbocycles. The molecule has 0 aliphatic carbocycles. The van der Waals surface area contributed by atoms with Crippen molar-refractivity contribution in [3.05, 3.63) is 71.9 Å². The van der Waals surface area contributed by atoms with Crippen molar-refractivity contribution in [1.29, 1.82) is 0 Å². The lowest BCUT2D eigenvalue weighted by molar-refractivity contribution is -0.116. The van der Waals surface area contributed by atoms with E-state index >= 15 is 0 Å². The average Bonchev–Trinajstić information content (AvgIpc) is 3.31. The molecule has 6 nitrogen and oxygen atoms in total. The predicted molar refractivity (Wildman–Crippen MR) is 131 cm³/mol. The van der Waals surface area contributed by atoms with Gasteiger partial charge in [-0.3, -0.25) is 12.8 Å². The Labute approximate surface area is 196 Å². The van der Waals surface area contributed by atoms with Crippen molar-refractivity contribution < 1.29 is 4.79 Å². The van der Waals surface area contributed by atoms with Gasteiger partial charge in [0.25, 0.3) is 0 Å². The summed E-state index contributed by atoms with van der Waals surface area (Å²) in [6.45, 7) is 2.97. The minimum Gasteiger partial charge on any atom is -0.352 e. The fourth-order valence-electron chi connectivity index (χ4n) is 4.44. The van der Waals surface area contributed by atoms with Crippen LogP contribution in [0.25, 0.3) is 11.3 Å². The summed E-state index contributed by atoms with van der Waals surface area (Å²) < 4.78 is 1.68. The van der Waals surface area contributed by atoms with E-state index in [-0.39, 0.29) is 11.9 Å². The smallest absolute Gasteiger partial charge is 0.240 e. The first kappa shape index (κ1) is 20.4. The third-order valence-electron chi connectivity index (χ3n) is 6.02. The van der Waals surface area contributed by atoms with Gasteiger partial charge in [0.15, 0.2) is 0 Å². The number of halogens is 1. The largest absolute Gasteiger partial charge is 0.352 e. The highest BCUT2D eigenvalue weighted by Crippen LogP contribution is 2.37. The Balaban J connectivity index is 1.44. The van der Waals surface area contributed by atoms with Crippen molar-refractivity contribution >= 4 is 40.4 Å². The van der Waals surface area contributed by atoms with Crippen molar-refractivity contribution in [3.8, 4) is 11.3 Å². The number of hydrogen-bond acceptors (Lipinski definition) is 5. The maximum atomic E-state index is 12.6. The molecule has 1 atom stereocenters. The molecule has 2 aliphatic heterocycles. The van der Waals surface area contributed by atoms with Crippen LogP contribution >= 0.6 is 22.9 Å². The molecular weight excluding hydrogens is 501 g/mol. The standard InChI is InChI=1S/C24H24IN5O/c25-30-20-11-5-4-10-19(20)23-18(14-22(30)31)15-26-24(28-23)27-16-21(29-12-6-7-13-29)17-8-2-1-3-9-17/h1-5,8-11,15,21H,6-7,12-14,16H2,(H,26,27,28). The van der Waals surface area contributed by atoms with E-state index in [0.717, 1.165) is 42.1 Å². The number of carbonyl (C=O) groups is 1. The van der Waals surface area contributed by atoms with E-state index in [1.807, 2.05) is 24.3 Å². The second kappa shape index (κ2) is 8.92. The van der Waals surface area contributed by atoms with E-state index in [0.29, 0.717) is 12.4 Å². The van der Waals surface area contributed by atoms with Gasteiger partial charge in [-0.1, -0.05) is 48.5 Å². The Morgan fingerprint density at radius 3 is 2.58 bits per heavy atom. The zero-order valence-corrected chi connectivity index (χ0v) is 19.3. The lowest BCUT2D eigenvalue weighted by Crippen LogP contribution is -2.31. The molecule has 2 aliphatic rings. The second-order valence-electron chi connectivity index (χ2n) is 7.99. The molecule has 1 N–H and O–H groups in total. The topological polar surface area (TPSA) is 61.4 Å². The first-order valence-corrected chi connectivity index (χ1v) is 11.6. The third-order valence-corrected chi connectivity index (χ3v) is 7.07. The number of rotatable bonds is 5. The van der Waals surface area contributed by atoms with Crippen LogP contribution in [0.4, 0.5) is 11.6 Å². The first-order valence-electron chi connectivity index (χ1n) is 10.7. The van der Waals surface area contributed by atoms with Gasteiger partial charge < -0.3 is 5.32 Å². The van der Waals surface area contributed by atoms with Gasteiger partial charge in [0.2, 0.25) is 11.9 Å². The molecule has 1 saturated heterocycles. The quantitative estimate of drug-likeness (QED) is 0.389. The maximum absolute atomic E-state index is 12.6. The van der Waals surface area contributed by atoms with Crippen molar-refractivity contribution in [1.82, 2.24) is 14.9 Å². The number of nitrogens with one attached hydrogen (secondary N) is 1. The molecule has 1 fully saturated rings. The maximum Gasteiger partial charge on any atom is 0.240 e. The molecule has 0 bridgehead atoms. The Morgan fingerprint density at radius 1 is 1.03 bits per heavy atom. The normalized spacial score (nSPS) is 17.1. The minimum absolute atomic E-state index is 0.0364. The summed E-state index contributed by atoms with van der Waals surface area (Å²) in [5.74, 6) is 0.636. The molecule has 1 amide bonds. The van der Waals surface area contributed by atoms with E-state index in [9.17, 15) is 4.79 Å². The highest BCUT2D eigenvalue weighted by atomic mass is 127. The van der Waals surface area contributed by atoms with Gasteiger partial charge in [0.05, 0.1) is 46.7 Å². The van der Waals surface area contributed by atoms with Crippen molar-refractivity contribution in [2.24, 2.45) is 0 Å². The molecule has 31 heavy (non-hydrogen) atoms. The van der Waals surface area contributed by atoms with E-state index < -0.39 is 0 Å². The highest BCUT2D eigenvalue weighted by Gasteiger charge is 2.27. The van der Waals surface area contributed by atoms with E-state index in [1.165, 1.54) is 18.4 Å². The molecule has 3 aromatic rings. The monoisotopic (exact) mass is 525 g/mol. The number of para-hydroxylation sites is 1. The zero-order valence-electron chi connectivity index (χ0n) is 17.2. The van der Waals surface area contributed by atoms with Crippen LogP contribution in [-0.2, 0) is 11.2 Å². The van der Waals surface area contributed by atoms with E-state index in [1.54, 1.807) is 9.31 Å². The Kier molecular flexibility index (Phi) is 5.87. The second-order valence-corrected chi connectivity index (χ2v) is 8.95.